The smallest absolute Gasteiger partial charge is 0.339 e. The Hall–Kier alpha value is -3.66. The predicted molar refractivity (Wildman–Crippen MR) is 132 cm³/mol. The van der Waals surface area contributed by atoms with Gasteiger partial charge >= 0.3 is 5.97 Å². The van der Waals surface area contributed by atoms with Crippen molar-refractivity contribution in [3.05, 3.63) is 106 Å². The third-order valence-corrected chi connectivity index (χ3v) is 7.61. The highest BCUT2D eigenvalue weighted by molar-refractivity contribution is 5.96. The highest BCUT2D eigenvalue weighted by Crippen LogP contribution is 2.52. The fraction of sp³-hybridized carbons (Fsp3) is 0.267. The fourth-order valence-corrected chi connectivity index (χ4v) is 5.44. The highest BCUT2D eigenvalue weighted by Gasteiger charge is 2.57. The van der Waals surface area contributed by atoms with E-state index in [2.05, 4.69) is 67.6 Å². The van der Waals surface area contributed by atoms with E-state index in [-0.39, 0.29) is 11.9 Å². The van der Waals surface area contributed by atoms with Gasteiger partial charge in [-0.25, -0.2) is 4.79 Å². The molecule has 0 N–H and O–H groups in total. The summed E-state index contributed by atoms with van der Waals surface area (Å²) >= 11 is 0. The fourth-order valence-electron chi connectivity index (χ4n) is 5.44. The molecule has 0 unspecified atom stereocenters. The summed E-state index contributed by atoms with van der Waals surface area (Å²) in [6.07, 6.45) is 6.59. The van der Waals surface area contributed by atoms with Gasteiger partial charge in [-0.1, -0.05) is 84.4 Å². The van der Waals surface area contributed by atoms with Crippen molar-refractivity contribution in [2.45, 2.75) is 37.2 Å². The van der Waals surface area contributed by atoms with Gasteiger partial charge in [0, 0.05) is 18.5 Å². The maximum absolute atomic E-state index is 13.7. The zero-order valence-electron chi connectivity index (χ0n) is 19.3. The van der Waals surface area contributed by atoms with Crippen LogP contribution >= 0.6 is 0 Å². The number of nitrogens with zero attached hydrogens (tertiary/aromatic N) is 1. The Bertz CT molecular complexity index is 1300. The molecule has 3 aliphatic rings. The van der Waals surface area contributed by atoms with Crippen LogP contribution in [-0.2, 0) is 20.5 Å². The maximum Gasteiger partial charge on any atom is 0.339 e. The Kier molecular flexibility index (Phi) is 4.73. The molecule has 0 radical (unpaired) electrons. The number of rotatable bonds is 4. The van der Waals surface area contributed by atoms with Crippen molar-refractivity contribution < 1.29 is 14.3 Å². The average molecular weight is 450 g/mol. The zero-order valence-corrected chi connectivity index (χ0v) is 19.3. The minimum atomic E-state index is -0.690. The second-order valence-electron chi connectivity index (χ2n) is 9.85. The number of carbonyl (C=O) groups is 2. The van der Waals surface area contributed by atoms with Crippen LogP contribution in [0.5, 0.6) is 0 Å². The molecule has 4 nitrogen and oxygen atoms in total. The van der Waals surface area contributed by atoms with Crippen LogP contribution in [0.2, 0.25) is 0 Å². The van der Waals surface area contributed by atoms with Gasteiger partial charge < -0.3 is 9.64 Å². The van der Waals surface area contributed by atoms with E-state index in [1.165, 1.54) is 11.1 Å². The SMILES string of the molecule is Cc1ccc(/C=C/c2ccc(C3(C(=O)N4CC[C@@]5(C4)OC(=O)c4ccccc45)CC3)cc2)cc1. The molecule has 3 aromatic carbocycles. The molecule has 1 saturated carbocycles. The molecule has 6 rings (SSSR count). The second-order valence-corrected chi connectivity index (χ2v) is 9.85. The zero-order chi connectivity index (χ0) is 23.3. The van der Waals surface area contributed by atoms with Gasteiger partial charge in [-0.2, -0.15) is 0 Å². The Balaban J connectivity index is 1.18. The monoisotopic (exact) mass is 449 g/mol. The lowest BCUT2D eigenvalue weighted by atomic mass is 9.91. The van der Waals surface area contributed by atoms with Gasteiger partial charge in [-0.15, -0.1) is 0 Å². The molecular formula is C30H27NO3. The van der Waals surface area contributed by atoms with Crippen LogP contribution in [0.25, 0.3) is 12.2 Å². The van der Waals surface area contributed by atoms with E-state index < -0.39 is 11.0 Å². The van der Waals surface area contributed by atoms with E-state index in [0.717, 1.165) is 29.5 Å². The highest BCUT2D eigenvalue weighted by atomic mass is 16.6. The molecule has 1 amide bonds. The molecule has 34 heavy (non-hydrogen) atoms. The molecule has 1 aliphatic carbocycles. The number of fused-ring (bicyclic) bond motifs is 2. The van der Waals surface area contributed by atoms with Crippen LogP contribution in [0, 0.1) is 6.92 Å². The van der Waals surface area contributed by atoms with E-state index in [1.807, 2.05) is 29.2 Å². The number of benzene rings is 3. The van der Waals surface area contributed by atoms with Crippen LogP contribution in [0.1, 0.15) is 57.4 Å². The summed E-state index contributed by atoms with van der Waals surface area (Å²) in [5.74, 6) is -0.118. The molecular weight excluding hydrogens is 422 g/mol. The van der Waals surface area contributed by atoms with Crippen molar-refractivity contribution in [2.24, 2.45) is 0 Å². The molecule has 1 saturated heterocycles. The number of hydrogen-bond donors (Lipinski definition) is 0. The molecule has 2 fully saturated rings. The van der Waals surface area contributed by atoms with Crippen LogP contribution in [0.4, 0.5) is 0 Å². The third-order valence-electron chi connectivity index (χ3n) is 7.61. The van der Waals surface area contributed by atoms with Gasteiger partial charge in [0.15, 0.2) is 5.60 Å². The minimum Gasteiger partial charge on any atom is -0.449 e. The van der Waals surface area contributed by atoms with Crippen LogP contribution in [-0.4, -0.2) is 29.9 Å². The Morgan fingerprint density at radius 2 is 1.53 bits per heavy atom. The molecule has 1 atom stereocenters. The second kappa shape index (κ2) is 7.69. The Morgan fingerprint density at radius 1 is 0.882 bits per heavy atom. The van der Waals surface area contributed by atoms with Gasteiger partial charge in [-0.3, -0.25) is 4.79 Å². The summed E-state index contributed by atoms with van der Waals surface area (Å²) in [7, 11) is 0. The minimum absolute atomic E-state index is 0.160. The third kappa shape index (κ3) is 3.37. The molecule has 3 aromatic rings. The average Bonchev–Trinajstić information content (AvgIpc) is 3.50. The number of amides is 1. The van der Waals surface area contributed by atoms with Crippen molar-refractivity contribution in [3.8, 4) is 0 Å². The van der Waals surface area contributed by atoms with E-state index in [4.69, 9.17) is 4.74 Å². The Morgan fingerprint density at radius 3 is 2.21 bits per heavy atom. The lowest BCUT2D eigenvalue weighted by Crippen LogP contribution is -2.40. The summed E-state index contributed by atoms with van der Waals surface area (Å²) in [5, 5.41) is 0. The van der Waals surface area contributed by atoms with Crippen LogP contribution < -0.4 is 0 Å². The maximum atomic E-state index is 13.7. The lowest BCUT2D eigenvalue weighted by molar-refractivity contribution is -0.134. The van der Waals surface area contributed by atoms with Crippen molar-refractivity contribution in [2.75, 3.05) is 13.1 Å². The summed E-state index contributed by atoms with van der Waals surface area (Å²) in [5.41, 5.74) is 5.03. The largest absolute Gasteiger partial charge is 0.449 e. The number of ether oxygens (including phenoxy) is 1. The normalized spacial score (nSPS) is 22.3. The molecule has 2 heterocycles. The number of hydrogen-bond acceptors (Lipinski definition) is 3. The van der Waals surface area contributed by atoms with E-state index in [0.29, 0.717) is 25.1 Å². The number of carbonyl (C=O) groups excluding carboxylic acids is 2. The summed E-state index contributed by atoms with van der Waals surface area (Å²) in [4.78, 5) is 28.0. The van der Waals surface area contributed by atoms with Gasteiger partial charge in [0.05, 0.1) is 17.5 Å². The molecule has 0 aromatic heterocycles. The quantitative estimate of drug-likeness (QED) is 0.391. The van der Waals surface area contributed by atoms with Crippen molar-refractivity contribution in [1.82, 2.24) is 4.90 Å². The molecule has 1 spiro atoms. The summed E-state index contributed by atoms with van der Waals surface area (Å²) in [6, 6.07) is 24.4. The van der Waals surface area contributed by atoms with Gasteiger partial charge in [0.25, 0.3) is 0 Å². The van der Waals surface area contributed by atoms with Crippen LogP contribution in [0.3, 0.4) is 0 Å². The first-order valence-electron chi connectivity index (χ1n) is 12.0. The van der Waals surface area contributed by atoms with Gasteiger partial charge in [0.1, 0.15) is 0 Å². The van der Waals surface area contributed by atoms with Gasteiger partial charge in [0.2, 0.25) is 5.91 Å². The number of aryl methyl sites for hydroxylation is 1. The Labute approximate surface area is 199 Å². The lowest BCUT2D eigenvalue weighted by Gasteiger charge is -2.27. The van der Waals surface area contributed by atoms with E-state index in [9.17, 15) is 9.59 Å². The molecule has 4 heteroatoms. The van der Waals surface area contributed by atoms with E-state index >= 15 is 0 Å². The van der Waals surface area contributed by atoms with E-state index in [1.54, 1.807) is 0 Å². The molecule has 0 bridgehead atoms. The van der Waals surface area contributed by atoms with Crippen molar-refractivity contribution in [3.63, 3.8) is 0 Å². The van der Waals surface area contributed by atoms with Crippen molar-refractivity contribution in [1.29, 1.82) is 0 Å². The van der Waals surface area contributed by atoms with Gasteiger partial charge in [-0.05, 0) is 42.5 Å². The number of esters is 1. The predicted octanol–water partition coefficient (Wildman–Crippen LogP) is 5.50. The first-order chi connectivity index (χ1) is 16.5. The van der Waals surface area contributed by atoms with Crippen LogP contribution in [0.15, 0.2) is 72.8 Å². The summed E-state index contributed by atoms with van der Waals surface area (Å²) in [6.45, 7) is 3.13. The first-order valence-corrected chi connectivity index (χ1v) is 12.0. The standard InChI is InChI=1S/C30H27NO3/c1-21-6-8-22(9-7-21)10-11-23-12-14-24(15-13-23)29(16-17-29)28(33)31-19-18-30(20-31)26-5-3-2-4-25(26)27(32)34-30/h2-15H,16-20H2,1H3/b11-10+/t30-/m0/s1. The number of likely N-dealkylation sites (tertiary alicyclic amines) is 1. The topological polar surface area (TPSA) is 46.6 Å². The summed E-state index contributed by atoms with van der Waals surface area (Å²) < 4.78 is 5.84. The molecule has 2 aliphatic heterocycles. The first kappa shape index (κ1) is 20.9. The van der Waals surface area contributed by atoms with Crippen molar-refractivity contribution >= 4 is 24.0 Å². The molecule has 170 valence electrons.